The van der Waals surface area contributed by atoms with E-state index in [9.17, 15) is 9.59 Å². The van der Waals surface area contributed by atoms with E-state index in [0.29, 0.717) is 25.2 Å². The summed E-state index contributed by atoms with van der Waals surface area (Å²) in [5.41, 5.74) is 0. The molecule has 1 rings (SSSR count). The third-order valence-electron chi connectivity index (χ3n) is 2.32. The second kappa shape index (κ2) is 5.97. The predicted octanol–water partition coefficient (Wildman–Crippen LogP) is 0.344. The van der Waals surface area contributed by atoms with Crippen LogP contribution in [-0.4, -0.2) is 38.7 Å². The van der Waals surface area contributed by atoms with Crippen molar-refractivity contribution in [3.8, 4) is 0 Å². The van der Waals surface area contributed by atoms with Gasteiger partial charge in [0.2, 0.25) is 5.82 Å². The number of amides is 1. The highest BCUT2D eigenvalue weighted by atomic mass is 16.4. The molecule has 1 atom stereocenters. The minimum Gasteiger partial charge on any atom is -0.481 e. The summed E-state index contributed by atoms with van der Waals surface area (Å²) in [6, 6.07) is 0. The second-order valence-electron chi connectivity index (χ2n) is 3.88. The number of carbonyl (C=O) groups excluding carboxylic acids is 1. The molecule has 3 N–H and O–H groups in total. The van der Waals surface area contributed by atoms with Crippen molar-refractivity contribution in [2.24, 2.45) is 5.92 Å². The van der Waals surface area contributed by atoms with Crippen LogP contribution in [0.5, 0.6) is 0 Å². The fourth-order valence-electron chi connectivity index (χ4n) is 1.26. The summed E-state index contributed by atoms with van der Waals surface area (Å²) in [6.45, 7) is 3.77. The Bertz CT molecular complexity index is 402. The van der Waals surface area contributed by atoms with Gasteiger partial charge in [0, 0.05) is 6.54 Å². The molecule has 0 saturated heterocycles. The zero-order valence-corrected chi connectivity index (χ0v) is 9.86. The van der Waals surface area contributed by atoms with Crippen LogP contribution in [0.2, 0.25) is 0 Å². The Kier molecular flexibility index (Phi) is 4.62. The third-order valence-corrected chi connectivity index (χ3v) is 2.32. The Hall–Kier alpha value is -1.92. The van der Waals surface area contributed by atoms with Gasteiger partial charge < -0.3 is 10.4 Å². The van der Waals surface area contributed by atoms with Crippen molar-refractivity contribution in [2.45, 2.75) is 26.7 Å². The number of aromatic nitrogens is 3. The van der Waals surface area contributed by atoms with Crippen LogP contribution in [0.25, 0.3) is 0 Å². The minimum absolute atomic E-state index is 0.105. The maximum absolute atomic E-state index is 11.5. The van der Waals surface area contributed by atoms with Gasteiger partial charge in [0.05, 0.1) is 5.92 Å². The van der Waals surface area contributed by atoms with E-state index in [-0.39, 0.29) is 11.7 Å². The van der Waals surface area contributed by atoms with E-state index in [1.807, 2.05) is 0 Å². The Morgan fingerprint density at radius 1 is 1.53 bits per heavy atom. The van der Waals surface area contributed by atoms with Crippen molar-refractivity contribution in [1.82, 2.24) is 20.5 Å². The molecule has 0 aliphatic heterocycles. The lowest BCUT2D eigenvalue weighted by molar-refractivity contribution is -0.141. The highest BCUT2D eigenvalue weighted by molar-refractivity contribution is 5.90. The zero-order valence-electron chi connectivity index (χ0n) is 9.86. The standard InChI is InChI=1S/C10H16N4O3/c1-6(10(16)17)4-3-5-11-9(15)8-12-7(2)13-14-8/h6H,3-5H2,1-2H3,(H,11,15)(H,16,17)(H,12,13,14). The van der Waals surface area contributed by atoms with Crippen LogP contribution in [0.3, 0.4) is 0 Å². The number of aliphatic carboxylic acids is 1. The lowest BCUT2D eigenvalue weighted by Crippen LogP contribution is -2.26. The molecular weight excluding hydrogens is 224 g/mol. The van der Waals surface area contributed by atoms with Gasteiger partial charge >= 0.3 is 5.97 Å². The largest absolute Gasteiger partial charge is 0.481 e. The molecular formula is C10H16N4O3. The summed E-state index contributed by atoms with van der Waals surface area (Å²) >= 11 is 0. The molecule has 0 aromatic carbocycles. The molecule has 1 heterocycles. The molecule has 0 radical (unpaired) electrons. The maximum atomic E-state index is 11.5. The summed E-state index contributed by atoms with van der Waals surface area (Å²) in [7, 11) is 0. The first-order valence-electron chi connectivity index (χ1n) is 5.40. The molecule has 0 aliphatic rings. The number of carboxylic acid groups (broad SMARTS) is 1. The normalized spacial score (nSPS) is 12.1. The van der Waals surface area contributed by atoms with Crippen molar-refractivity contribution < 1.29 is 14.7 Å². The highest BCUT2D eigenvalue weighted by Crippen LogP contribution is 2.04. The van der Waals surface area contributed by atoms with Crippen LogP contribution in [0.1, 0.15) is 36.2 Å². The van der Waals surface area contributed by atoms with E-state index >= 15 is 0 Å². The Labute approximate surface area is 98.6 Å². The lowest BCUT2D eigenvalue weighted by atomic mass is 10.1. The van der Waals surface area contributed by atoms with Gasteiger partial charge in [-0.2, -0.15) is 0 Å². The first-order valence-corrected chi connectivity index (χ1v) is 5.40. The molecule has 0 aliphatic carbocycles. The number of hydrogen-bond donors (Lipinski definition) is 3. The van der Waals surface area contributed by atoms with E-state index in [4.69, 9.17) is 5.11 Å². The first kappa shape index (κ1) is 13.1. The average molecular weight is 240 g/mol. The summed E-state index contributed by atoms with van der Waals surface area (Å²) in [6.07, 6.45) is 1.14. The Morgan fingerprint density at radius 3 is 2.76 bits per heavy atom. The molecule has 1 aromatic rings. The second-order valence-corrected chi connectivity index (χ2v) is 3.88. The molecule has 0 spiro atoms. The Balaban J connectivity index is 2.23. The number of carboxylic acids is 1. The molecule has 0 bridgehead atoms. The van der Waals surface area contributed by atoms with E-state index in [1.165, 1.54) is 0 Å². The summed E-state index contributed by atoms with van der Waals surface area (Å²) in [5, 5.41) is 17.6. The summed E-state index contributed by atoms with van der Waals surface area (Å²) < 4.78 is 0. The van der Waals surface area contributed by atoms with E-state index in [0.717, 1.165) is 0 Å². The van der Waals surface area contributed by atoms with Crippen molar-refractivity contribution in [3.05, 3.63) is 11.6 Å². The summed E-state index contributed by atoms with van der Waals surface area (Å²) in [5.74, 6) is -0.876. The third kappa shape index (κ3) is 4.21. The van der Waals surface area contributed by atoms with Gasteiger partial charge in [-0.15, -0.1) is 5.10 Å². The smallest absolute Gasteiger partial charge is 0.306 e. The molecule has 1 amide bonds. The number of hydrogen-bond acceptors (Lipinski definition) is 4. The van der Waals surface area contributed by atoms with Gasteiger partial charge in [0.1, 0.15) is 5.82 Å². The number of aromatic amines is 1. The van der Waals surface area contributed by atoms with Gasteiger partial charge in [-0.3, -0.25) is 14.7 Å². The average Bonchev–Trinajstić information content (AvgIpc) is 2.70. The number of carbonyl (C=O) groups is 2. The number of aryl methyl sites for hydroxylation is 1. The fraction of sp³-hybridized carbons (Fsp3) is 0.600. The molecule has 0 fully saturated rings. The number of H-pyrrole nitrogens is 1. The molecule has 1 unspecified atom stereocenters. The molecule has 17 heavy (non-hydrogen) atoms. The maximum Gasteiger partial charge on any atom is 0.306 e. The summed E-state index contributed by atoms with van der Waals surface area (Å²) in [4.78, 5) is 25.9. The van der Waals surface area contributed by atoms with Gasteiger partial charge in [-0.05, 0) is 19.8 Å². The predicted molar refractivity (Wildman–Crippen MR) is 59.5 cm³/mol. The molecule has 94 valence electrons. The van der Waals surface area contributed by atoms with Crippen LogP contribution in [0.4, 0.5) is 0 Å². The van der Waals surface area contributed by atoms with Crippen LogP contribution in [0, 0.1) is 12.8 Å². The zero-order chi connectivity index (χ0) is 12.8. The van der Waals surface area contributed by atoms with Crippen LogP contribution >= 0.6 is 0 Å². The van der Waals surface area contributed by atoms with Crippen molar-refractivity contribution in [2.75, 3.05) is 6.54 Å². The quantitative estimate of drug-likeness (QED) is 0.621. The molecule has 0 saturated carbocycles. The number of nitrogens with zero attached hydrogens (tertiary/aromatic N) is 2. The van der Waals surface area contributed by atoms with E-state index in [2.05, 4.69) is 20.5 Å². The van der Waals surface area contributed by atoms with Crippen LogP contribution in [-0.2, 0) is 4.79 Å². The number of rotatable bonds is 6. The van der Waals surface area contributed by atoms with Crippen molar-refractivity contribution >= 4 is 11.9 Å². The van der Waals surface area contributed by atoms with Crippen molar-refractivity contribution in [1.29, 1.82) is 0 Å². The van der Waals surface area contributed by atoms with Crippen LogP contribution < -0.4 is 5.32 Å². The van der Waals surface area contributed by atoms with Gasteiger partial charge in [0.15, 0.2) is 0 Å². The molecule has 1 aromatic heterocycles. The van der Waals surface area contributed by atoms with E-state index in [1.54, 1.807) is 13.8 Å². The Morgan fingerprint density at radius 2 is 2.24 bits per heavy atom. The first-order chi connectivity index (χ1) is 8.00. The SMILES string of the molecule is Cc1nc(C(=O)NCCCC(C)C(=O)O)n[nH]1. The van der Waals surface area contributed by atoms with E-state index < -0.39 is 11.9 Å². The molecule has 7 heteroatoms. The monoisotopic (exact) mass is 240 g/mol. The van der Waals surface area contributed by atoms with Crippen molar-refractivity contribution in [3.63, 3.8) is 0 Å². The number of nitrogens with one attached hydrogen (secondary N) is 2. The molecule has 7 nitrogen and oxygen atoms in total. The highest BCUT2D eigenvalue weighted by Gasteiger charge is 2.12. The fourth-order valence-corrected chi connectivity index (χ4v) is 1.26. The van der Waals surface area contributed by atoms with Gasteiger partial charge in [0.25, 0.3) is 5.91 Å². The minimum atomic E-state index is -0.819. The van der Waals surface area contributed by atoms with Gasteiger partial charge in [-0.1, -0.05) is 6.92 Å². The van der Waals surface area contributed by atoms with Gasteiger partial charge in [-0.25, -0.2) is 4.98 Å². The van der Waals surface area contributed by atoms with Crippen LogP contribution in [0.15, 0.2) is 0 Å². The lowest BCUT2D eigenvalue weighted by Gasteiger charge is -2.05. The topological polar surface area (TPSA) is 108 Å².